The molecule has 7 heteroatoms. The number of rotatable bonds is 4. The summed E-state index contributed by atoms with van der Waals surface area (Å²) < 4.78 is 5.05. The lowest BCUT2D eigenvalue weighted by atomic mass is 9.80. The van der Waals surface area contributed by atoms with E-state index < -0.39 is 0 Å². The predicted octanol–water partition coefficient (Wildman–Crippen LogP) is 2.16. The molecule has 0 aromatic heterocycles. The van der Waals surface area contributed by atoms with Gasteiger partial charge < -0.3 is 20.3 Å². The smallest absolute Gasteiger partial charge is 0.407 e. The number of cyclic esters (lactones) is 1. The van der Waals surface area contributed by atoms with Crippen molar-refractivity contribution in [2.24, 2.45) is 5.92 Å². The number of amides is 3. The Kier molecular flexibility index (Phi) is 4.97. The van der Waals surface area contributed by atoms with Gasteiger partial charge in [0.1, 0.15) is 6.61 Å². The van der Waals surface area contributed by atoms with Crippen LogP contribution in [0.3, 0.4) is 0 Å². The Morgan fingerprint density at radius 1 is 1.38 bits per heavy atom. The highest BCUT2D eigenvalue weighted by atomic mass is 16.6. The second-order valence-electron chi connectivity index (χ2n) is 6.96. The molecule has 0 spiro atoms. The van der Waals surface area contributed by atoms with E-state index in [0.717, 1.165) is 12.8 Å². The lowest BCUT2D eigenvalue weighted by Gasteiger charge is -2.39. The Labute approximate surface area is 152 Å². The maximum absolute atomic E-state index is 12.8. The summed E-state index contributed by atoms with van der Waals surface area (Å²) in [5.41, 5.74) is 0.740. The van der Waals surface area contributed by atoms with E-state index in [-0.39, 0.29) is 29.4 Å². The maximum atomic E-state index is 12.8. The summed E-state index contributed by atoms with van der Waals surface area (Å²) in [6, 6.07) is 6.88. The standard InChI is InChI=1S/C19H23N3O4/c1-3-16(23)20-15-6-4-5-13(11-15)17(24)22-9-7-14(8-10-22)19(2)12-26-18(25)21-19/h3-6,11,14H,1,7-10,12H2,2H3,(H,20,23)(H,21,25). The van der Waals surface area contributed by atoms with Crippen molar-refractivity contribution >= 4 is 23.6 Å². The van der Waals surface area contributed by atoms with Gasteiger partial charge in [0.2, 0.25) is 5.91 Å². The molecule has 0 radical (unpaired) electrons. The number of nitrogens with zero attached hydrogens (tertiary/aromatic N) is 1. The second-order valence-corrected chi connectivity index (χ2v) is 6.96. The average Bonchev–Trinajstić information content (AvgIpc) is 3.01. The van der Waals surface area contributed by atoms with Crippen LogP contribution in [0.5, 0.6) is 0 Å². The molecule has 138 valence electrons. The van der Waals surface area contributed by atoms with Crippen LogP contribution in [0.1, 0.15) is 30.1 Å². The molecular formula is C19H23N3O4. The largest absolute Gasteiger partial charge is 0.447 e. The zero-order chi connectivity index (χ0) is 18.7. The summed E-state index contributed by atoms with van der Waals surface area (Å²) in [4.78, 5) is 37.3. The fourth-order valence-corrected chi connectivity index (χ4v) is 3.57. The Balaban J connectivity index is 1.62. The lowest BCUT2D eigenvalue weighted by Crippen LogP contribution is -2.52. The quantitative estimate of drug-likeness (QED) is 0.809. The van der Waals surface area contributed by atoms with Crippen LogP contribution < -0.4 is 10.6 Å². The zero-order valence-corrected chi connectivity index (χ0v) is 14.8. The molecule has 2 N–H and O–H groups in total. The van der Waals surface area contributed by atoms with E-state index in [1.54, 1.807) is 24.3 Å². The number of ether oxygens (including phenoxy) is 1. The summed E-state index contributed by atoms with van der Waals surface area (Å²) in [6.07, 6.45) is 2.42. The molecule has 1 aromatic carbocycles. The van der Waals surface area contributed by atoms with Crippen molar-refractivity contribution in [2.75, 3.05) is 25.0 Å². The zero-order valence-electron chi connectivity index (χ0n) is 14.8. The van der Waals surface area contributed by atoms with Gasteiger partial charge in [-0.15, -0.1) is 0 Å². The molecule has 1 unspecified atom stereocenters. The van der Waals surface area contributed by atoms with Crippen LogP contribution in [0.4, 0.5) is 10.5 Å². The molecule has 1 aromatic rings. The van der Waals surface area contributed by atoms with Crippen LogP contribution in [-0.2, 0) is 9.53 Å². The first kappa shape index (κ1) is 18.0. The van der Waals surface area contributed by atoms with Gasteiger partial charge >= 0.3 is 6.09 Å². The molecule has 0 aliphatic carbocycles. The third-order valence-corrected chi connectivity index (χ3v) is 5.14. The van der Waals surface area contributed by atoms with E-state index in [4.69, 9.17) is 4.74 Å². The number of carbonyl (C=O) groups excluding carboxylic acids is 3. The van der Waals surface area contributed by atoms with Crippen LogP contribution in [0.25, 0.3) is 0 Å². The van der Waals surface area contributed by atoms with Crippen LogP contribution in [0, 0.1) is 5.92 Å². The van der Waals surface area contributed by atoms with E-state index in [9.17, 15) is 14.4 Å². The minimum absolute atomic E-state index is 0.0602. The third-order valence-electron chi connectivity index (χ3n) is 5.14. The summed E-state index contributed by atoms with van der Waals surface area (Å²) in [7, 11) is 0. The Morgan fingerprint density at radius 2 is 2.12 bits per heavy atom. The number of hydrogen-bond acceptors (Lipinski definition) is 4. The van der Waals surface area contributed by atoms with Crippen LogP contribution in [0.15, 0.2) is 36.9 Å². The highest BCUT2D eigenvalue weighted by Gasteiger charge is 2.43. The molecule has 2 heterocycles. The highest BCUT2D eigenvalue weighted by molar-refractivity contribution is 6.00. The van der Waals surface area contributed by atoms with Crippen LogP contribution in [-0.4, -0.2) is 48.0 Å². The molecule has 3 rings (SSSR count). The monoisotopic (exact) mass is 357 g/mol. The first-order valence-corrected chi connectivity index (χ1v) is 8.69. The van der Waals surface area contributed by atoms with Gasteiger partial charge in [0, 0.05) is 24.3 Å². The van der Waals surface area contributed by atoms with Crippen molar-refractivity contribution in [1.82, 2.24) is 10.2 Å². The van der Waals surface area contributed by atoms with E-state index in [1.165, 1.54) is 6.08 Å². The Hall–Kier alpha value is -2.83. The molecule has 2 aliphatic heterocycles. The summed E-state index contributed by atoms with van der Waals surface area (Å²) in [5, 5.41) is 5.56. The number of carbonyl (C=O) groups is 3. The van der Waals surface area contributed by atoms with Crippen LogP contribution in [0.2, 0.25) is 0 Å². The van der Waals surface area contributed by atoms with E-state index >= 15 is 0 Å². The van der Waals surface area contributed by atoms with Gasteiger partial charge in [-0.05, 0) is 50.0 Å². The molecule has 2 saturated heterocycles. The lowest BCUT2D eigenvalue weighted by molar-refractivity contribution is -0.111. The van der Waals surface area contributed by atoms with Gasteiger partial charge in [-0.1, -0.05) is 12.6 Å². The number of piperidine rings is 1. The minimum atomic E-state index is -0.371. The molecule has 2 fully saturated rings. The first-order valence-electron chi connectivity index (χ1n) is 8.69. The fourth-order valence-electron chi connectivity index (χ4n) is 3.57. The normalized spacial score (nSPS) is 23.1. The van der Waals surface area contributed by atoms with Crippen LogP contribution >= 0.6 is 0 Å². The van der Waals surface area contributed by atoms with Crippen molar-refractivity contribution < 1.29 is 19.1 Å². The summed E-state index contributed by atoms with van der Waals surface area (Å²) >= 11 is 0. The number of nitrogens with one attached hydrogen (secondary N) is 2. The number of likely N-dealkylation sites (tertiary alicyclic amines) is 1. The molecule has 1 atom stereocenters. The molecular weight excluding hydrogens is 334 g/mol. The molecule has 2 aliphatic rings. The van der Waals surface area contributed by atoms with Crippen molar-refractivity contribution in [2.45, 2.75) is 25.3 Å². The topological polar surface area (TPSA) is 87.7 Å². The number of anilines is 1. The van der Waals surface area contributed by atoms with Crippen molar-refractivity contribution in [3.8, 4) is 0 Å². The summed E-state index contributed by atoms with van der Waals surface area (Å²) in [6.45, 7) is 7.02. The van der Waals surface area contributed by atoms with E-state index in [0.29, 0.717) is 30.9 Å². The molecule has 0 saturated carbocycles. The molecule has 3 amide bonds. The fraction of sp³-hybridized carbons (Fsp3) is 0.421. The van der Waals surface area contributed by atoms with Gasteiger partial charge in [-0.3, -0.25) is 9.59 Å². The Bertz CT molecular complexity index is 740. The van der Waals surface area contributed by atoms with Crippen molar-refractivity contribution in [1.29, 1.82) is 0 Å². The van der Waals surface area contributed by atoms with Gasteiger partial charge in [-0.2, -0.15) is 0 Å². The SMILES string of the molecule is C=CC(=O)Nc1cccc(C(=O)N2CCC(C3(C)COC(=O)N3)CC2)c1. The number of benzene rings is 1. The number of alkyl carbamates (subject to hydrolysis) is 1. The third kappa shape index (κ3) is 3.71. The first-order chi connectivity index (χ1) is 12.4. The van der Waals surface area contributed by atoms with Gasteiger partial charge in [0.05, 0.1) is 5.54 Å². The van der Waals surface area contributed by atoms with Gasteiger partial charge in [-0.25, -0.2) is 4.79 Å². The summed E-state index contributed by atoms with van der Waals surface area (Å²) in [5.74, 6) is -0.101. The Morgan fingerprint density at radius 3 is 2.73 bits per heavy atom. The number of hydrogen-bond donors (Lipinski definition) is 2. The molecule has 0 bridgehead atoms. The average molecular weight is 357 g/mol. The second kappa shape index (κ2) is 7.19. The minimum Gasteiger partial charge on any atom is -0.447 e. The van der Waals surface area contributed by atoms with E-state index in [2.05, 4.69) is 17.2 Å². The van der Waals surface area contributed by atoms with Gasteiger partial charge in [0.15, 0.2) is 0 Å². The highest BCUT2D eigenvalue weighted by Crippen LogP contribution is 2.31. The molecule has 7 nitrogen and oxygen atoms in total. The van der Waals surface area contributed by atoms with Crippen molar-refractivity contribution in [3.05, 3.63) is 42.5 Å². The maximum Gasteiger partial charge on any atom is 0.407 e. The van der Waals surface area contributed by atoms with Crippen molar-refractivity contribution in [3.63, 3.8) is 0 Å². The predicted molar refractivity (Wildman–Crippen MR) is 96.8 cm³/mol. The van der Waals surface area contributed by atoms with Gasteiger partial charge in [0.25, 0.3) is 5.91 Å². The molecule has 26 heavy (non-hydrogen) atoms. The van der Waals surface area contributed by atoms with E-state index in [1.807, 2.05) is 11.8 Å².